The molecular formula is C13H28N2O. The number of hydrogen-bond acceptors (Lipinski definition) is 3. The average Bonchev–Trinajstić information content (AvgIpc) is 2.24. The quantitative estimate of drug-likeness (QED) is 0.798. The molecule has 3 nitrogen and oxygen atoms in total. The number of nitrogens with zero attached hydrogens (tertiary/aromatic N) is 1. The maximum absolute atomic E-state index is 5.95. The van der Waals surface area contributed by atoms with Crippen molar-refractivity contribution in [2.45, 2.75) is 52.6 Å². The van der Waals surface area contributed by atoms with Crippen molar-refractivity contribution in [3.63, 3.8) is 0 Å². The van der Waals surface area contributed by atoms with Crippen molar-refractivity contribution in [3.05, 3.63) is 0 Å². The third-order valence-corrected chi connectivity index (χ3v) is 3.33. The summed E-state index contributed by atoms with van der Waals surface area (Å²) in [7, 11) is 0. The second-order valence-electron chi connectivity index (χ2n) is 6.03. The minimum absolute atomic E-state index is 0.348. The molecule has 2 unspecified atom stereocenters. The van der Waals surface area contributed by atoms with Crippen LogP contribution in [0, 0.1) is 5.41 Å². The summed E-state index contributed by atoms with van der Waals surface area (Å²) in [6, 6.07) is 1.07. The molecule has 0 saturated carbocycles. The van der Waals surface area contributed by atoms with Gasteiger partial charge in [0.05, 0.1) is 13.2 Å². The molecule has 2 atom stereocenters. The van der Waals surface area contributed by atoms with Gasteiger partial charge in [0.15, 0.2) is 0 Å². The van der Waals surface area contributed by atoms with E-state index in [0.717, 1.165) is 32.7 Å². The van der Waals surface area contributed by atoms with Crippen molar-refractivity contribution in [1.82, 2.24) is 4.90 Å². The van der Waals surface area contributed by atoms with Gasteiger partial charge in [-0.1, -0.05) is 27.7 Å². The fourth-order valence-corrected chi connectivity index (χ4v) is 2.54. The molecule has 1 aliphatic rings. The first kappa shape index (κ1) is 13.9. The van der Waals surface area contributed by atoms with Gasteiger partial charge >= 0.3 is 0 Å². The van der Waals surface area contributed by atoms with Crippen LogP contribution in [0.1, 0.15) is 40.5 Å². The Morgan fingerprint density at radius 3 is 2.62 bits per heavy atom. The van der Waals surface area contributed by atoms with E-state index in [1.54, 1.807) is 0 Å². The molecule has 1 fully saturated rings. The van der Waals surface area contributed by atoms with E-state index >= 15 is 0 Å². The third-order valence-electron chi connectivity index (χ3n) is 3.33. The number of hydrogen-bond donors (Lipinski definition) is 1. The first-order valence-corrected chi connectivity index (χ1v) is 6.51. The summed E-state index contributed by atoms with van der Waals surface area (Å²) in [5.74, 6) is 0. The Labute approximate surface area is 100 Å². The van der Waals surface area contributed by atoms with Gasteiger partial charge < -0.3 is 10.5 Å². The van der Waals surface area contributed by atoms with Gasteiger partial charge in [0.2, 0.25) is 0 Å². The number of ether oxygens (including phenoxy) is 1. The molecular weight excluding hydrogens is 200 g/mol. The predicted octanol–water partition coefficient (Wildman–Crippen LogP) is 1.86. The molecule has 0 aromatic heterocycles. The molecule has 96 valence electrons. The summed E-state index contributed by atoms with van der Waals surface area (Å²) in [5, 5.41) is 0. The summed E-state index contributed by atoms with van der Waals surface area (Å²) in [6.07, 6.45) is 2.32. The first-order chi connectivity index (χ1) is 7.48. The molecule has 16 heavy (non-hydrogen) atoms. The Balaban J connectivity index is 2.62. The first-order valence-electron chi connectivity index (χ1n) is 6.51. The molecule has 1 aliphatic heterocycles. The minimum atomic E-state index is 0.348. The Morgan fingerprint density at radius 2 is 2.12 bits per heavy atom. The maximum Gasteiger partial charge on any atom is 0.0622 e. The van der Waals surface area contributed by atoms with Gasteiger partial charge in [-0.05, 0) is 18.3 Å². The summed E-state index contributed by atoms with van der Waals surface area (Å²) in [4.78, 5) is 2.56. The average molecular weight is 228 g/mol. The number of morpholine rings is 1. The molecule has 1 rings (SSSR count). The van der Waals surface area contributed by atoms with E-state index in [1.807, 2.05) is 0 Å². The standard InChI is InChI=1S/C13H28N2O/c1-5-11-10-16-7-6-15(11)12(9-14)8-13(2,3)4/h11-12H,5-10,14H2,1-4H3. The topological polar surface area (TPSA) is 38.5 Å². The predicted molar refractivity (Wildman–Crippen MR) is 68.5 cm³/mol. The van der Waals surface area contributed by atoms with E-state index in [2.05, 4.69) is 32.6 Å². The second kappa shape index (κ2) is 5.99. The molecule has 0 spiro atoms. The van der Waals surface area contributed by atoms with Gasteiger partial charge in [-0.25, -0.2) is 0 Å². The molecule has 0 radical (unpaired) electrons. The van der Waals surface area contributed by atoms with Crippen LogP contribution in [0.3, 0.4) is 0 Å². The molecule has 2 N–H and O–H groups in total. The highest BCUT2D eigenvalue weighted by Crippen LogP contribution is 2.25. The highest BCUT2D eigenvalue weighted by Gasteiger charge is 2.30. The van der Waals surface area contributed by atoms with Crippen LogP contribution in [-0.2, 0) is 4.74 Å². The van der Waals surface area contributed by atoms with E-state index in [0.29, 0.717) is 17.5 Å². The van der Waals surface area contributed by atoms with Gasteiger partial charge in [0.1, 0.15) is 0 Å². The molecule has 0 aromatic rings. The van der Waals surface area contributed by atoms with Gasteiger partial charge in [-0.15, -0.1) is 0 Å². The monoisotopic (exact) mass is 228 g/mol. The lowest BCUT2D eigenvalue weighted by Crippen LogP contribution is -2.53. The van der Waals surface area contributed by atoms with Crippen LogP contribution >= 0.6 is 0 Å². The number of nitrogens with two attached hydrogens (primary N) is 1. The van der Waals surface area contributed by atoms with Crippen molar-refractivity contribution < 1.29 is 4.74 Å². The van der Waals surface area contributed by atoms with Crippen molar-refractivity contribution in [1.29, 1.82) is 0 Å². The lowest BCUT2D eigenvalue weighted by atomic mass is 9.87. The zero-order valence-electron chi connectivity index (χ0n) is 11.3. The van der Waals surface area contributed by atoms with E-state index in [9.17, 15) is 0 Å². The van der Waals surface area contributed by atoms with Crippen LogP contribution < -0.4 is 5.73 Å². The van der Waals surface area contributed by atoms with Crippen molar-refractivity contribution in [3.8, 4) is 0 Å². The molecule has 0 bridgehead atoms. The van der Waals surface area contributed by atoms with Crippen LogP contribution in [0.25, 0.3) is 0 Å². The smallest absolute Gasteiger partial charge is 0.0622 e. The largest absolute Gasteiger partial charge is 0.378 e. The van der Waals surface area contributed by atoms with E-state index in [1.165, 1.54) is 6.42 Å². The van der Waals surface area contributed by atoms with Gasteiger partial charge in [-0.2, -0.15) is 0 Å². The number of rotatable bonds is 4. The zero-order valence-corrected chi connectivity index (χ0v) is 11.3. The van der Waals surface area contributed by atoms with Crippen LogP contribution in [0.5, 0.6) is 0 Å². The van der Waals surface area contributed by atoms with Crippen LogP contribution in [-0.4, -0.2) is 43.3 Å². The van der Waals surface area contributed by atoms with E-state index in [4.69, 9.17) is 10.5 Å². The molecule has 0 amide bonds. The molecule has 1 heterocycles. The summed E-state index contributed by atoms with van der Waals surface area (Å²) >= 11 is 0. The highest BCUT2D eigenvalue weighted by atomic mass is 16.5. The summed E-state index contributed by atoms with van der Waals surface area (Å²) < 4.78 is 5.55. The summed E-state index contributed by atoms with van der Waals surface area (Å²) in [6.45, 7) is 12.6. The minimum Gasteiger partial charge on any atom is -0.378 e. The lowest BCUT2D eigenvalue weighted by molar-refractivity contribution is -0.0353. The van der Waals surface area contributed by atoms with Crippen molar-refractivity contribution in [2.24, 2.45) is 11.1 Å². The Bertz CT molecular complexity index is 201. The maximum atomic E-state index is 5.95. The van der Waals surface area contributed by atoms with Gasteiger partial charge in [-0.3, -0.25) is 4.90 Å². The SMILES string of the molecule is CCC1COCCN1C(CN)CC(C)(C)C. The molecule has 3 heteroatoms. The lowest BCUT2D eigenvalue weighted by Gasteiger charge is -2.42. The van der Waals surface area contributed by atoms with E-state index < -0.39 is 0 Å². The Morgan fingerprint density at radius 1 is 1.44 bits per heavy atom. The van der Waals surface area contributed by atoms with Crippen LogP contribution in [0.4, 0.5) is 0 Å². The third kappa shape index (κ3) is 4.04. The zero-order chi connectivity index (χ0) is 12.2. The normalized spacial score (nSPS) is 25.7. The molecule has 0 aromatic carbocycles. The van der Waals surface area contributed by atoms with Gasteiger partial charge in [0.25, 0.3) is 0 Å². The fourth-order valence-electron chi connectivity index (χ4n) is 2.54. The highest BCUT2D eigenvalue weighted by molar-refractivity contribution is 4.84. The fraction of sp³-hybridized carbons (Fsp3) is 1.00. The van der Waals surface area contributed by atoms with Crippen LogP contribution in [0.2, 0.25) is 0 Å². The van der Waals surface area contributed by atoms with E-state index in [-0.39, 0.29) is 0 Å². The Hall–Kier alpha value is -0.120. The van der Waals surface area contributed by atoms with Crippen molar-refractivity contribution in [2.75, 3.05) is 26.3 Å². The second-order valence-corrected chi connectivity index (χ2v) is 6.03. The molecule has 0 aliphatic carbocycles. The summed E-state index contributed by atoms with van der Waals surface area (Å²) in [5.41, 5.74) is 6.29. The van der Waals surface area contributed by atoms with Crippen molar-refractivity contribution >= 4 is 0 Å². The van der Waals surface area contributed by atoms with Gasteiger partial charge in [0, 0.05) is 25.2 Å². The molecule has 1 saturated heterocycles. The van der Waals surface area contributed by atoms with Crippen LogP contribution in [0.15, 0.2) is 0 Å². The Kier molecular flexibility index (Phi) is 5.22.